The monoisotopic (exact) mass is 447 g/mol. The molecule has 0 heterocycles. The van der Waals surface area contributed by atoms with Crippen LogP contribution in [0.1, 0.15) is 59.9 Å². The molecule has 1 rings (SSSR count). The van der Waals surface area contributed by atoms with Gasteiger partial charge in [0.1, 0.15) is 17.8 Å². The standard InChI is InChI=1S/C24H37N3O5/c1-14(2)11-21(25-17(6)29)23(31)27-22(12-15(3)4)24(32)26-20(16(5)28)13-18-7-9-19(30)10-8-18/h7-10,14-15,20-22,30H,11-13H2,1-6H3,(H,25,29)(H,26,32)(H,27,31)/t20-,21-,22?/m0/s1. The van der Waals surface area contributed by atoms with Gasteiger partial charge in [0.2, 0.25) is 17.7 Å². The second-order valence-electron chi connectivity index (χ2n) is 9.12. The van der Waals surface area contributed by atoms with E-state index >= 15 is 0 Å². The van der Waals surface area contributed by atoms with Crippen molar-refractivity contribution in [3.8, 4) is 5.75 Å². The second kappa shape index (κ2) is 12.8. The summed E-state index contributed by atoms with van der Waals surface area (Å²) < 4.78 is 0. The van der Waals surface area contributed by atoms with E-state index in [2.05, 4.69) is 16.0 Å². The maximum atomic E-state index is 13.0. The van der Waals surface area contributed by atoms with Gasteiger partial charge in [-0.2, -0.15) is 0 Å². The average Bonchev–Trinajstić information content (AvgIpc) is 2.66. The smallest absolute Gasteiger partial charge is 0.243 e. The lowest BCUT2D eigenvalue weighted by atomic mass is 9.98. The molecule has 0 aromatic heterocycles. The fourth-order valence-electron chi connectivity index (χ4n) is 3.36. The molecule has 8 nitrogen and oxygen atoms in total. The van der Waals surface area contributed by atoms with E-state index in [0.29, 0.717) is 12.8 Å². The number of carbonyl (C=O) groups excluding carboxylic acids is 4. The number of hydrogen-bond acceptors (Lipinski definition) is 5. The van der Waals surface area contributed by atoms with E-state index in [1.807, 2.05) is 27.7 Å². The number of nitrogens with one attached hydrogen (secondary N) is 3. The molecule has 0 bridgehead atoms. The summed E-state index contributed by atoms with van der Waals surface area (Å²) in [5, 5.41) is 17.6. The van der Waals surface area contributed by atoms with Crippen LogP contribution >= 0.6 is 0 Å². The highest BCUT2D eigenvalue weighted by Crippen LogP contribution is 2.13. The Kier molecular flexibility index (Phi) is 10.9. The molecule has 1 unspecified atom stereocenters. The molecule has 3 amide bonds. The first-order chi connectivity index (χ1) is 14.9. The molecule has 3 atom stereocenters. The van der Waals surface area contributed by atoms with Gasteiger partial charge in [-0.25, -0.2) is 0 Å². The minimum Gasteiger partial charge on any atom is -0.508 e. The molecule has 8 heteroatoms. The quantitative estimate of drug-likeness (QED) is 0.391. The predicted octanol–water partition coefficient (Wildman–Crippen LogP) is 2.09. The van der Waals surface area contributed by atoms with Gasteiger partial charge in [-0.3, -0.25) is 19.2 Å². The van der Waals surface area contributed by atoms with Gasteiger partial charge in [0.15, 0.2) is 5.78 Å². The number of phenols is 1. The summed E-state index contributed by atoms with van der Waals surface area (Å²) in [6.45, 7) is 10.5. The zero-order chi connectivity index (χ0) is 24.4. The predicted molar refractivity (Wildman–Crippen MR) is 123 cm³/mol. The molecule has 0 fully saturated rings. The Morgan fingerprint density at radius 1 is 0.750 bits per heavy atom. The number of aromatic hydroxyl groups is 1. The Hall–Kier alpha value is -2.90. The first kappa shape index (κ1) is 27.1. The largest absolute Gasteiger partial charge is 0.508 e. The van der Waals surface area contributed by atoms with Crippen molar-refractivity contribution in [2.75, 3.05) is 0 Å². The molecule has 0 aliphatic carbocycles. The number of phenolic OH excluding ortho intramolecular Hbond substituents is 1. The number of benzene rings is 1. The van der Waals surface area contributed by atoms with E-state index in [9.17, 15) is 24.3 Å². The summed E-state index contributed by atoms with van der Waals surface area (Å²) >= 11 is 0. The Balaban J connectivity index is 2.96. The lowest BCUT2D eigenvalue weighted by Crippen LogP contribution is -2.56. The summed E-state index contributed by atoms with van der Waals surface area (Å²) in [4.78, 5) is 49.6. The number of Topliss-reactive ketones (excluding diaryl/α,β-unsaturated/α-hetero) is 1. The Bertz CT molecular complexity index is 789. The first-order valence-corrected chi connectivity index (χ1v) is 11.0. The van der Waals surface area contributed by atoms with Gasteiger partial charge in [0.05, 0.1) is 6.04 Å². The molecule has 1 aromatic carbocycles. The zero-order valence-corrected chi connectivity index (χ0v) is 19.9. The maximum absolute atomic E-state index is 13.0. The van der Waals surface area contributed by atoms with Gasteiger partial charge >= 0.3 is 0 Å². The van der Waals surface area contributed by atoms with Crippen molar-refractivity contribution < 1.29 is 24.3 Å². The SMILES string of the molecule is CC(=O)N[C@@H](CC(C)C)C(=O)NC(CC(C)C)C(=O)N[C@@H](Cc1ccc(O)cc1)C(C)=O. The highest BCUT2D eigenvalue weighted by atomic mass is 16.3. The van der Waals surface area contributed by atoms with Crippen molar-refractivity contribution in [1.82, 2.24) is 16.0 Å². The molecule has 0 saturated carbocycles. The lowest BCUT2D eigenvalue weighted by Gasteiger charge is -2.26. The van der Waals surface area contributed by atoms with Crippen LogP contribution in [0.5, 0.6) is 5.75 Å². The molecule has 0 radical (unpaired) electrons. The Morgan fingerprint density at radius 2 is 1.19 bits per heavy atom. The summed E-state index contributed by atoms with van der Waals surface area (Å²) in [7, 11) is 0. The van der Waals surface area contributed by atoms with Gasteiger partial charge in [-0.05, 0) is 55.7 Å². The van der Waals surface area contributed by atoms with Crippen LogP contribution < -0.4 is 16.0 Å². The first-order valence-electron chi connectivity index (χ1n) is 11.0. The van der Waals surface area contributed by atoms with Crippen LogP contribution in [0.3, 0.4) is 0 Å². The fourth-order valence-corrected chi connectivity index (χ4v) is 3.36. The normalized spacial score (nSPS) is 13.9. The molecule has 0 aliphatic heterocycles. The molecular weight excluding hydrogens is 410 g/mol. The van der Waals surface area contributed by atoms with Crippen molar-refractivity contribution in [2.45, 2.75) is 78.9 Å². The van der Waals surface area contributed by atoms with E-state index in [1.165, 1.54) is 26.0 Å². The molecule has 0 saturated heterocycles. The van der Waals surface area contributed by atoms with Crippen LogP contribution in [0, 0.1) is 11.8 Å². The molecule has 1 aromatic rings. The van der Waals surface area contributed by atoms with Crippen molar-refractivity contribution in [1.29, 1.82) is 0 Å². The topological polar surface area (TPSA) is 125 Å². The number of amides is 3. The minimum absolute atomic E-state index is 0.114. The van der Waals surface area contributed by atoms with Crippen molar-refractivity contribution in [3.05, 3.63) is 29.8 Å². The highest BCUT2D eigenvalue weighted by molar-refractivity contribution is 5.94. The third kappa shape index (κ3) is 9.94. The van der Waals surface area contributed by atoms with E-state index in [4.69, 9.17) is 0 Å². The van der Waals surface area contributed by atoms with Gasteiger partial charge in [0, 0.05) is 6.92 Å². The number of hydrogen-bond donors (Lipinski definition) is 4. The van der Waals surface area contributed by atoms with Crippen LogP contribution in [0.2, 0.25) is 0 Å². The van der Waals surface area contributed by atoms with Crippen molar-refractivity contribution in [2.24, 2.45) is 11.8 Å². The zero-order valence-electron chi connectivity index (χ0n) is 19.9. The van der Waals surface area contributed by atoms with E-state index in [1.54, 1.807) is 12.1 Å². The maximum Gasteiger partial charge on any atom is 0.243 e. The summed E-state index contributed by atoms with van der Waals surface area (Å²) in [6.07, 6.45) is 1.10. The molecule has 0 spiro atoms. The number of ketones is 1. The molecule has 178 valence electrons. The van der Waals surface area contributed by atoms with Crippen LogP contribution in [-0.2, 0) is 25.6 Å². The van der Waals surface area contributed by atoms with Gasteiger partial charge in [-0.1, -0.05) is 39.8 Å². The second-order valence-corrected chi connectivity index (χ2v) is 9.12. The average molecular weight is 448 g/mol. The number of rotatable bonds is 12. The third-order valence-corrected chi connectivity index (χ3v) is 4.92. The Morgan fingerprint density at radius 3 is 1.59 bits per heavy atom. The summed E-state index contributed by atoms with van der Waals surface area (Å²) in [5.74, 6) is -0.999. The molecule has 32 heavy (non-hydrogen) atoms. The van der Waals surface area contributed by atoms with Crippen molar-refractivity contribution >= 4 is 23.5 Å². The minimum atomic E-state index is -0.840. The van der Waals surface area contributed by atoms with Crippen LogP contribution in [0.4, 0.5) is 0 Å². The summed E-state index contributed by atoms with van der Waals surface area (Å²) in [5.41, 5.74) is 0.787. The van der Waals surface area contributed by atoms with Gasteiger partial charge in [-0.15, -0.1) is 0 Å². The Labute approximate surface area is 190 Å². The molecular formula is C24H37N3O5. The van der Waals surface area contributed by atoms with Crippen LogP contribution in [-0.4, -0.2) is 46.7 Å². The lowest BCUT2D eigenvalue weighted by molar-refractivity contribution is -0.133. The fraction of sp³-hybridized carbons (Fsp3) is 0.583. The van der Waals surface area contributed by atoms with E-state index in [-0.39, 0.29) is 35.7 Å². The number of carbonyl (C=O) groups is 4. The van der Waals surface area contributed by atoms with Gasteiger partial charge < -0.3 is 21.1 Å². The third-order valence-electron chi connectivity index (χ3n) is 4.92. The highest BCUT2D eigenvalue weighted by Gasteiger charge is 2.29. The summed E-state index contributed by atoms with van der Waals surface area (Å²) in [6, 6.07) is 4.08. The van der Waals surface area contributed by atoms with Crippen LogP contribution in [0.15, 0.2) is 24.3 Å². The van der Waals surface area contributed by atoms with Gasteiger partial charge in [0.25, 0.3) is 0 Å². The van der Waals surface area contributed by atoms with Crippen molar-refractivity contribution in [3.63, 3.8) is 0 Å². The molecule has 0 aliphatic rings. The van der Waals surface area contributed by atoms with Crippen LogP contribution in [0.25, 0.3) is 0 Å². The molecule has 4 N–H and O–H groups in total. The van der Waals surface area contributed by atoms with E-state index in [0.717, 1.165) is 5.56 Å². The van der Waals surface area contributed by atoms with E-state index < -0.39 is 29.9 Å².